The van der Waals surface area contributed by atoms with Gasteiger partial charge in [-0.3, -0.25) is 4.79 Å². The molecule has 0 fully saturated rings. The van der Waals surface area contributed by atoms with Gasteiger partial charge in [-0.25, -0.2) is 4.79 Å². The molecule has 0 spiro atoms. The summed E-state index contributed by atoms with van der Waals surface area (Å²) in [4.78, 5) is 24.3. The van der Waals surface area contributed by atoms with E-state index in [4.69, 9.17) is 26.2 Å². The number of ether oxygens (including phenoxy) is 2. The average molecular weight is 364 g/mol. The second-order valence-corrected chi connectivity index (χ2v) is 5.67. The van der Waals surface area contributed by atoms with Crippen LogP contribution in [0.4, 0.5) is 5.69 Å². The third-order valence-electron chi connectivity index (χ3n) is 3.44. The highest BCUT2D eigenvalue weighted by atomic mass is 35.5. The topological polar surface area (TPSA) is 84.9 Å². The highest BCUT2D eigenvalue weighted by molar-refractivity contribution is 6.31. The predicted molar refractivity (Wildman–Crippen MR) is 93.9 cm³/mol. The molecule has 25 heavy (non-hydrogen) atoms. The molecule has 132 valence electrons. The molecule has 2 rings (SSSR count). The number of rotatable bonds is 6. The highest BCUT2D eigenvalue weighted by Crippen LogP contribution is 2.27. The third kappa shape index (κ3) is 4.95. The van der Waals surface area contributed by atoms with Crippen molar-refractivity contribution in [1.82, 2.24) is 0 Å². The van der Waals surface area contributed by atoms with Crippen LogP contribution < -0.4 is 10.1 Å². The first-order valence-electron chi connectivity index (χ1n) is 7.49. The zero-order chi connectivity index (χ0) is 18.4. The van der Waals surface area contributed by atoms with E-state index in [0.717, 1.165) is 0 Å². The van der Waals surface area contributed by atoms with Gasteiger partial charge in [-0.05, 0) is 42.8 Å². The zero-order valence-corrected chi connectivity index (χ0v) is 14.5. The van der Waals surface area contributed by atoms with Crippen LogP contribution >= 0.6 is 11.6 Å². The van der Waals surface area contributed by atoms with Gasteiger partial charge in [0.05, 0.1) is 25.0 Å². The van der Waals surface area contributed by atoms with Gasteiger partial charge < -0.3 is 19.9 Å². The van der Waals surface area contributed by atoms with E-state index in [1.807, 2.05) is 0 Å². The summed E-state index contributed by atoms with van der Waals surface area (Å²) in [5.74, 6) is -0.707. The molecule has 0 aliphatic heterocycles. The van der Waals surface area contributed by atoms with Crippen LogP contribution in [0.1, 0.15) is 22.8 Å². The Hall–Kier alpha value is -2.57. The number of nitrogens with one attached hydrogen (secondary N) is 1. The van der Waals surface area contributed by atoms with Crippen molar-refractivity contribution in [3.05, 3.63) is 58.6 Å². The summed E-state index contributed by atoms with van der Waals surface area (Å²) < 4.78 is 10.3. The standard InChI is InChI=1S/C18H18ClNO5/c1-11(25-18(23)13-5-3-12(10-21)4-6-13)17(22)20-15-9-14(19)7-8-16(15)24-2/h3-9,11,21H,10H2,1-2H3,(H,20,22). The average Bonchev–Trinajstić information content (AvgIpc) is 2.61. The number of hydrogen-bond donors (Lipinski definition) is 2. The molecule has 1 amide bonds. The number of aliphatic hydroxyl groups excluding tert-OH is 1. The second kappa shape index (κ2) is 8.50. The lowest BCUT2D eigenvalue weighted by Crippen LogP contribution is -2.30. The number of methoxy groups -OCH3 is 1. The maximum absolute atomic E-state index is 12.2. The number of aliphatic hydroxyl groups is 1. The fourth-order valence-corrected chi connectivity index (χ4v) is 2.21. The Bertz CT molecular complexity index is 761. The van der Waals surface area contributed by atoms with Gasteiger partial charge in [0.2, 0.25) is 0 Å². The molecule has 7 heteroatoms. The molecule has 0 aromatic heterocycles. The number of amides is 1. The van der Waals surface area contributed by atoms with Crippen LogP contribution in [0.2, 0.25) is 5.02 Å². The lowest BCUT2D eigenvalue weighted by Gasteiger charge is -2.15. The zero-order valence-electron chi connectivity index (χ0n) is 13.8. The molecule has 0 saturated carbocycles. The Labute approximate surface area is 150 Å². The predicted octanol–water partition coefficient (Wildman–Crippen LogP) is 3.02. The van der Waals surface area contributed by atoms with Crippen molar-refractivity contribution in [3.8, 4) is 5.75 Å². The van der Waals surface area contributed by atoms with E-state index in [0.29, 0.717) is 22.0 Å². The minimum atomic E-state index is -1.02. The van der Waals surface area contributed by atoms with Crippen LogP contribution in [0.15, 0.2) is 42.5 Å². The molecule has 0 saturated heterocycles. The first-order chi connectivity index (χ1) is 11.9. The Morgan fingerprint density at radius 2 is 1.88 bits per heavy atom. The molecule has 2 aromatic rings. The molecule has 1 unspecified atom stereocenters. The van der Waals surface area contributed by atoms with Crippen LogP contribution in [0.3, 0.4) is 0 Å². The monoisotopic (exact) mass is 363 g/mol. The van der Waals surface area contributed by atoms with E-state index in [-0.39, 0.29) is 12.2 Å². The number of anilines is 1. The molecule has 0 aliphatic carbocycles. The van der Waals surface area contributed by atoms with E-state index >= 15 is 0 Å². The van der Waals surface area contributed by atoms with Crippen molar-refractivity contribution in [3.63, 3.8) is 0 Å². The number of benzene rings is 2. The number of carbonyl (C=O) groups is 2. The fourth-order valence-electron chi connectivity index (χ4n) is 2.04. The van der Waals surface area contributed by atoms with Crippen molar-refractivity contribution in [2.45, 2.75) is 19.6 Å². The molecule has 1 atom stereocenters. The van der Waals surface area contributed by atoms with Gasteiger partial charge >= 0.3 is 5.97 Å². The summed E-state index contributed by atoms with van der Waals surface area (Å²) in [6.07, 6.45) is -1.02. The largest absolute Gasteiger partial charge is 0.495 e. The SMILES string of the molecule is COc1ccc(Cl)cc1NC(=O)C(C)OC(=O)c1ccc(CO)cc1. The van der Waals surface area contributed by atoms with E-state index < -0.39 is 18.0 Å². The lowest BCUT2D eigenvalue weighted by atomic mass is 10.1. The Morgan fingerprint density at radius 1 is 1.20 bits per heavy atom. The van der Waals surface area contributed by atoms with Crippen molar-refractivity contribution in [2.24, 2.45) is 0 Å². The lowest BCUT2D eigenvalue weighted by molar-refractivity contribution is -0.123. The van der Waals surface area contributed by atoms with Crippen LogP contribution in [0, 0.1) is 0 Å². The van der Waals surface area contributed by atoms with Gasteiger partial charge in [0.25, 0.3) is 5.91 Å². The van der Waals surface area contributed by atoms with E-state index in [9.17, 15) is 9.59 Å². The summed E-state index contributed by atoms with van der Waals surface area (Å²) in [6.45, 7) is 1.35. The Kier molecular flexibility index (Phi) is 6.38. The van der Waals surface area contributed by atoms with Crippen LogP contribution in [0.25, 0.3) is 0 Å². The normalized spacial score (nSPS) is 11.5. The second-order valence-electron chi connectivity index (χ2n) is 5.24. The highest BCUT2D eigenvalue weighted by Gasteiger charge is 2.20. The van der Waals surface area contributed by atoms with Crippen LogP contribution in [0.5, 0.6) is 5.75 Å². The molecule has 0 aliphatic rings. The number of carbonyl (C=O) groups excluding carboxylic acids is 2. The molecule has 2 N–H and O–H groups in total. The van der Waals surface area contributed by atoms with Crippen molar-refractivity contribution >= 4 is 29.2 Å². The van der Waals surface area contributed by atoms with Crippen molar-refractivity contribution < 1.29 is 24.2 Å². The molecule has 0 bridgehead atoms. The van der Waals surface area contributed by atoms with Gasteiger partial charge in [0.1, 0.15) is 5.75 Å². The quantitative estimate of drug-likeness (QED) is 0.770. The number of hydrogen-bond acceptors (Lipinski definition) is 5. The maximum Gasteiger partial charge on any atom is 0.338 e. The molecule has 0 heterocycles. The van der Waals surface area contributed by atoms with E-state index in [1.54, 1.807) is 30.3 Å². The fraction of sp³-hybridized carbons (Fsp3) is 0.222. The summed E-state index contributed by atoms with van der Waals surface area (Å²) in [6, 6.07) is 11.1. The Balaban J connectivity index is 2.02. The van der Waals surface area contributed by atoms with Crippen LogP contribution in [-0.4, -0.2) is 30.2 Å². The minimum Gasteiger partial charge on any atom is -0.495 e. The van der Waals surface area contributed by atoms with Crippen molar-refractivity contribution in [1.29, 1.82) is 0 Å². The van der Waals surface area contributed by atoms with Gasteiger partial charge in [-0.15, -0.1) is 0 Å². The van der Waals surface area contributed by atoms with E-state index in [1.165, 1.54) is 26.2 Å². The maximum atomic E-state index is 12.2. The first kappa shape index (κ1) is 18.8. The summed E-state index contributed by atoms with van der Waals surface area (Å²) in [7, 11) is 1.47. The van der Waals surface area contributed by atoms with Crippen LogP contribution in [-0.2, 0) is 16.1 Å². The molecule has 6 nitrogen and oxygen atoms in total. The van der Waals surface area contributed by atoms with Crippen molar-refractivity contribution in [2.75, 3.05) is 12.4 Å². The first-order valence-corrected chi connectivity index (χ1v) is 7.87. The molecular weight excluding hydrogens is 346 g/mol. The third-order valence-corrected chi connectivity index (χ3v) is 3.68. The van der Waals surface area contributed by atoms with Gasteiger partial charge in [0.15, 0.2) is 6.10 Å². The minimum absolute atomic E-state index is 0.115. The summed E-state index contributed by atoms with van der Waals surface area (Å²) >= 11 is 5.92. The molecule has 0 radical (unpaired) electrons. The molecule has 2 aromatic carbocycles. The summed E-state index contributed by atoms with van der Waals surface area (Å²) in [5, 5.41) is 12.1. The van der Waals surface area contributed by atoms with Gasteiger partial charge in [-0.2, -0.15) is 0 Å². The number of halogens is 1. The smallest absolute Gasteiger partial charge is 0.338 e. The molecular formula is C18H18ClNO5. The Morgan fingerprint density at radius 3 is 2.48 bits per heavy atom. The van der Waals surface area contributed by atoms with E-state index in [2.05, 4.69) is 5.32 Å². The van der Waals surface area contributed by atoms with Gasteiger partial charge in [0, 0.05) is 5.02 Å². The number of esters is 1. The van der Waals surface area contributed by atoms with Gasteiger partial charge in [-0.1, -0.05) is 23.7 Å². The summed E-state index contributed by atoms with van der Waals surface area (Å²) in [5.41, 5.74) is 1.35.